The summed E-state index contributed by atoms with van der Waals surface area (Å²) >= 11 is 2.93. The third-order valence-electron chi connectivity index (χ3n) is 2.20. The van der Waals surface area contributed by atoms with E-state index in [0.29, 0.717) is 0 Å². The monoisotopic (exact) mass is 325 g/mol. The zero-order valence-corrected chi connectivity index (χ0v) is 11.1. The molecule has 1 aromatic rings. The second-order valence-electron chi connectivity index (χ2n) is 3.38. The molecule has 18 heavy (non-hydrogen) atoms. The van der Waals surface area contributed by atoms with Gasteiger partial charge in [0, 0.05) is 22.7 Å². The normalized spacial score (nSPS) is 10.8. The van der Waals surface area contributed by atoms with Crippen LogP contribution in [0.4, 0.5) is 13.2 Å². The smallest absolute Gasteiger partial charge is 0.310 e. The summed E-state index contributed by atoms with van der Waals surface area (Å²) in [5, 5.41) is -0.0951. The van der Waals surface area contributed by atoms with Crippen molar-refractivity contribution >= 4 is 21.9 Å². The number of hydrogen-bond donors (Lipinski definition) is 0. The van der Waals surface area contributed by atoms with Gasteiger partial charge in [0.1, 0.15) is 11.5 Å². The molecule has 0 aromatic carbocycles. The van der Waals surface area contributed by atoms with Crippen LogP contribution in [-0.2, 0) is 21.3 Å². The number of esters is 1. The highest BCUT2D eigenvalue weighted by molar-refractivity contribution is 9.08. The summed E-state index contributed by atoms with van der Waals surface area (Å²) in [4.78, 5) is 14.7. The summed E-state index contributed by atoms with van der Waals surface area (Å²) in [7, 11) is 0. The van der Waals surface area contributed by atoms with E-state index in [9.17, 15) is 18.0 Å². The SMILES string of the molecule is CCOC(=O)Cc1cnc(C(F)F)c(CBr)c1F. The first-order valence-corrected chi connectivity index (χ1v) is 6.29. The van der Waals surface area contributed by atoms with Crippen LogP contribution in [0.15, 0.2) is 6.20 Å². The van der Waals surface area contributed by atoms with Gasteiger partial charge < -0.3 is 4.74 Å². The highest BCUT2D eigenvalue weighted by atomic mass is 79.9. The molecule has 1 aromatic heterocycles. The minimum atomic E-state index is -2.86. The van der Waals surface area contributed by atoms with E-state index in [1.54, 1.807) is 6.92 Å². The molecule has 100 valence electrons. The molecule has 0 N–H and O–H groups in total. The van der Waals surface area contributed by atoms with E-state index in [0.717, 1.165) is 6.20 Å². The van der Waals surface area contributed by atoms with Crippen molar-refractivity contribution in [3.05, 3.63) is 28.8 Å². The second-order valence-corrected chi connectivity index (χ2v) is 3.94. The Hall–Kier alpha value is -1.11. The van der Waals surface area contributed by atoms with E-state index in [-0.39, 0.29) is 29.5 Å². The Morgan fingerprint density at radius 2 is 2.22 bits per heavy atom. The Labute approximate surface area is 110 Å². The number of halogens is 4. The lowest BCUT2D eigenvalue weighted by molar-refractivity contribution is -0.142. The fraction of sp³-hybridized carbons (Fsp3) is 0.455. The Balaban J connectivity index is 3.05. The molecule has 0 atom stereocenters. The quantitative estimate of drug-likeness (QED) is 0.616. The van der Waals surface area contributed by atoms with Gasteiger partial charge in [0.25, 0.3) is 6.43 Å². The molecule has 0 saturated heterocycles. The van der Waals surface area contributed by atoms with Gasteiger partial charge in [0.05, 0.1) is 13.0 Å². The summed E-state index contributed by atoms with van der Waals surface area (Å²) in [6.07, 6.45) is -2.24. The number of aromatic nitrogens is 1. The molecule has 3 nitrogen and oxygen atoms in total. The molecule has 0 saturated carbocycles. The lowest BCUT2D eigenvalue weighted by atomic mass is 10.1. The van der Waals surface area contributed by atoms with E-state index in [4.69, 9.17) is 0 Å². The molecule has 0 bridgehead atoms. The van der Waals surface area contributed by atoms with Crippen molar-refractivity contribution in [2.24, 2.45) is 0 Å². The molecule has 0 aliphatic rings. The van der Waals surface area contributed by atoms with Crippen molar-refractivity contribution < 1.29 is 22.7 Å². The van der Waals surface area contributed by atoms with Crippen molar-refractivity contribution in [3.63, 3.8) is 0 Å². The molecule has 0 aliphatic carbocycles. The molecule has 0 amide bonds. The molecule has 1 rings (SSSR count). The first-order valence-electron chi connectivity index (χ1n) is 5.17. The zero-order chi connectivity index (χ0) is 13.7. The number of ether oxygens (including phenoxy) is 1. The van der Waals surface area contributed by atoms with Crippen LogP contribution in [0.3, 0.4) is 0 Å². The number of rotatable bonds is 5. The maximum Gasteiger partial charge on any atom is 0.310 e. The van der Waals surface area contributed by atoms with Crippen LogP contribution in [0.25, 0.3) is 0 Å². The van der Waals surface area contributed by atoms with Crippen LogP contribution in [0.2, 0.25) is 0 Å². The van der Waals surface area contributed by atoms with Crippen molar-refractivity contribution in [1.82, 2.24) is 4.98 Å². The van der Waals surface area contributed by atoms with Crippen molar-refractivity contribution in [3.8, 4) is 0 Å². The number of carbonyl (C=O) groups excluding carboxylic acids is 1. The maximum absolute atomic E-state index is 13.9. The average Bonchev–Trinajstić information content (AvgIpc) is 2.31. The molecule has 0 fully saturated rings. The molecule has 0 radical (unpaired) electrons. The average molecular weight is 326 g/mol. The van der Waals surface area contributed by atoms with E-state index in [2.05, 4.69) is 25.7 Å². The Morgan fingerprint density at radius 3 is 2.72 bits per heavy atom. The van der Waals surface area contributed by atoms with E-state index >= 15 is 0 Å². The third kappa shape index (κ3) is 3.44. The highest BCUT2D eigenvalue weighted by Gasteiger charge is 2.21. The predicted molar refractivity (Wildman–Crippen MR) is 62.1 cm³/mol. The Morgan fingerprint density at radius 1 is 1.56 bits per heavy atom. The number of nitrogens with zero attached hydrogens (tertiary/aromatic N) is 1. The molecule has 7 heteroatoms. The topological polar surface area (TPSA) is 39.2 Å². The van der Waals surface area contributed by atoms with Crippen molar-refractivity contribution in [1.29, 1.82) is 0 Å². The van der Waals surface area contributed by atoms with Gasteiger partial charge >= 0.3 is 5.97 Å². The summed E-state index contributed by atoms with van der Waals surface area (Å²) in [6.45, 7) is 1.80. The van der Waals surface area contributed by atoms with Gasteiger partial charge in [0.15, 0.2) is 0 Å². The number of hydrogen-bond acceptors (Lipinski definition) is 3. The summed E-state index contributed by atoms with van der Waals surface area (Å²) in [6, 6.07) is 0. The fourth-order valence-corrected chi connectivity index (χ4v) is 1.93. The third-order valence-corrected chi connectivity index (χ3v) is 2.76. The van der Waals surface area contributed by atoms with Crippen molar-refractivity contribution in [2.45, 2.75) is 25.1 Å². The summed E-state index contributed by atoms with van der Waals surface area (Å²) in [5.41, 5.74) is -0.893. The molecule has 0 unspecified atom stereocenters. The van der Waals surface area contributed by atoms with Crippen LogP contribution in [-0.4, -0.2) is 17.6 Å². The second kappa shape index (κ2) is 6.72. The van der Waals surface area contributed by atoms with Gasteiger partial charge in [-0.25, -0.2) is 13.2 Å². The van der Waals surface area contributed by atoms with E-state index in [1.165, 1.54) is 0 Å². The van der Waals surface area contributed by atoms with Crippen LogP contribution in [0, 0.1) is 5.82 Å². The standard InChI is InChI=1S/C11H11BrF3NO2/c1-2-18-8(17)3-6-5-16-10(11(14)15)7(4-12)9(6)13/h5,11H,2-4H2,1H3. The maximum atomic E-state index is 13.9. The zero-order valence-electron chi connectivity index (χ0n) is 9.55. The van der Waals surface area contributed by atoms with E-state index in [1.807, 2.05) is 0 Å². The van der Waals surface area contributed by atoms with Gasteiger partial charge in [-0.05, 0) is 6.92 Å². The molecule has 0 aliphatic heterocycles. The molecule has 0 spiro atoms. The fourth-order valence-electron chi connectivity index (χ4n) is 1.39. The number of alkyl halides is 3. The van der Waals surface area contributed by atoms with Gasteiger partial charge in [0.2, 0.25) is 0 Å². The number of carbonyl (C=O) groups is 1. The first kappa shape index (κ1) is 14.9. The molecular formula is C11H11BrF3NO2. The van der Waals surface area contributed by atoms with Crippen LogP contribution < -0.4 is 0 Å². The van der Waals surface area contributed by atoms with Gasteiger partial charge in [-0.3, -0.25) is 9.78 Å². The number of pyridine rings is 1. The van der Waals surface area contributed by atoms with Gasteiger partial charge in [-0.15, -0.1) is 0 Å². The summed E-state index contributed by atoms with van der Waals surface area (Å²) in [5.74, 6) is -1.46. The Bertz CT molecular complexity index is 441. The van der Waals surface area contributed by atoms with E-state index < -0.39 is 23.9 Å². The van der Waals surface area contributed by atoms with Crippen LogP contribution in [0.1, 0.15) is 30.2 Å². The van der Waals surface area contributed by atoms with Gasteiger partial charge in [-0.2, -0.15) is 0 Å². The van der Waals surface area contributed by atoms with Crippen LogP contribution >= 0.6 is 15.9 Å². The summed E-state index contributed by atoms with van der Waals surface area (Å²) < 4.78 is 43.7. The lowest BCUT2D eigenvalue weighted by Gasteiger charge is -2.10. The first-order chi connectivity index (χ1) is 8.51. The Kier molecular flexibility index (Phi) is 5.58. The largest absolute Gasteiger partial charge is 0.466 e. The predicted octanol–water partition coefficient (Wildman–Crippen LogP) is 3.16. The minimum absolute atomic E-state index is 0.0488. The molecular weight excluding hydrogens is 315 g/mol. The lowest BCUT2D eigenvalue weighted by Crippen LogP contribution is -2.11. The minimum Gasteiger partial charge on any atom is -0.466 e. The highest BCUT2D eigenvalue weighted by Crippen LogP contribution is 2.26. The van der Waals surface area contributed by atoms with Crippen molar-refractivity contribution in [2.75, 3.05) is 6.61 Å². The molecule has 1 heterocycles. The van der Waals surface area contributed by atoms with Crippen LogP contribution in [0.5, 0.6) is 0 Å². The van der Waals surface area contributed by atoms with Gasteiger partial charge in [-0.1, -0.05) is 15.9 Å².